The highest BCUT2D eigenvalue weighted by Crippen LogP contribution is 2.37. The van der Waals surface area contributed by atoms with E-state index in [1.54, 1.807) is 0 Å². The molecule has 102 valence electrons. The van der Waals surface area contributed by atoms with Crippen molar-refractivity contribution in [3.63, 3.8) is 0 Å². The number of hydrogen-bond acceptors (Lipinski definition) is 3. The average Bonchev–Trinajstić information content (AvgIpc) is 2.93. The second kappa shape index (κ2) is 5.73. The zero-order valence-corrected chi connectivity index (χ0v) is 12.2. The summed E-state index contributed by atoms with van der Waals surface area (Å²) in [5.74, 6) is 1.16. The maximum absolute atomic E-state index is 12.2. The number of carbonyl (C=O) groups is 1. The molecule has 2 aliphatic rings. The van der Waals surface area contributed by atoms with E-state index >= 15 is 0 Å². The molecule has 0 radical (unpaired) electrons. The Kier molecular flexibility index (Phi) is 4.01. The number of hydrogen-bond donors (Lipinski definition) is 2. The van der Waals surface area contributed by atoms with Gasteiger partial charge < -0.3 is 10.6 Å². The summed E-state index contributed by atoms with van der Waals surface area (Å²) in [7, 11) is 0. The number of benzene rings is 1. The number of halogens is 1. The molecule has 0 saturated carbocycles. The molecule has 5 heteroatoms. The number of nitrogens with one attached hydrogen (secondary N) is 2. The topological polar surface area (TPSA) is 41.1 Å². The largest absolute Gasteiger partial charge is 0.348 e. The summed E-state index contributed by atoms with van der Waals surface area (Å²) in [6.45, 7) is 0.945. The zero-order valence-electron chi connectivity index (χ0n) is 10.6. The van der Waals surface area contributed by atoms with Gasteiger partial charge in [-0.2, -0.15) is 0 Å². The Morgan fingerprint density at radius 2 is 2.32 bits per heavy atom. The summed E-state index contributed by atoms with van der Waals surface area (Å²) in [5.41, 5.74) is 1.16. The van der Waals surface area contributed by atoms with Crippen LogP contribution in [-0.4, -0.2) is 24.2 Å². The number of thioether (sulfide) groups is 1. The molecule has 2 atom stereocenters. The molecule has 2 heterocycles. The lowest BCUT2D eigenvalue weighted by atomic mass is 10.0. The number of carbonyl (C=O) groups excluding carboxylic acids is 1. The van der Waals surface area contributed by atoms with Gasteiger partial charge in [-0.05, 0) is 49.6 Å². The number of fused-ring (bicyclic) bond motifs is 1. The Hall–Kier alpha value is -0.710. The molecule has 0 aromatic heterocycles. The first-order chi connectivity index (χ1) is 9.24. The van der Waals surface area contributed by atoms with Crippen LogP contribution >= 0.6 is 23.4 Å². The van der Waals surface area contributed by atoms with Crippen molar-refractivity contribution in [2.24, 2.45) is 0 Å². The van der Waals surface area contributed by atoms with Gasteiger partial charge >= 0.3 is 0 Å². The summed E-state index contributed by atoms with van der Waals surface area (Å²) >= 11 is 7.91. The second-order valence-corrected chi connectivity index (χ2v) is 6.60. The van der Waals surface area contributed by atoms with Gasteiger partial charge in [-0.3, -0.25) is 4.79 Å². The van der Waals surface area contributed by atoms with Crippen molar-refractivity contribution >= 4 is 29.3 Å². The van der Waals surface area contributed by atoms with Crippen LogP contribution in [0.15, 0.2) is 23.1 Å². The van der Waals surface area contributed by atoms with Crippen LogP contribution in [0.5, 0.6) is 0 Å². The normalized spacial score (nSPS) is 25.9. The smallest absolute Gasteiger partial charge is 0.237 e. The molecule has 3 rings (SSSR count). The summed E-state index contributed by atoms with van der Waals surface area (Å²) < 4.78 is 0. The standard InChI is InChI=1S/C14H17ClN2OS/c15-9-3-4-13-10(8-9)11(5-7-19-13)17-14(18)12-2-1-6-16-12/h3-4,8,11-12,16H,1-2,5-7H2,(H,17,18)/t11?,12-/m1/s1. The van der Waals surface area contributed by atoms with Gasteiger partial charge in [-0.15, -0.1) is 11.8 Å². The maximum atomic E-state index is 12.2. The van der Waals surface area contributed by atoms with Crippen LogP contribution in [0.25, 0.3) is 0 Å². The summed E-state index contributed by atoms with van der Waals surface area (Å²) in [5, 5.41) is 7.14. The highest BCUT2D eigenvalue weighted by Gasteiger charge is 2.27. The van der Waals surface area contributed by atoms with E-state index in [0.29, 0.717) is 0 Å². The predicted octanol–water partition coefficient (Wildman–Crippen LogP) is 2.75. The molecule has 19 heavy (non-hydrogen) atoms. The van der Waals surface area contributed by atoms with Crippen LogP contribution in [0, 0.1) is 0 Å². The fourth-order valence-electron chi connectivity index (χ4n) is 2.70. The quantitative estimate of drug-likeness (QED) is 0.882. The van der Waals surface area contributed by atoms with E-state index in [1.807, 2.05) is 23.9 Å². The van der Waals surface area contributed by atoms with Crippen molar-refractivity contribution < 1.29 is 4.79 Å². The van der Waals surface area contributed by atoms with Gasteiger partial charge in [0.15, 0.2) is 0 Å². The van der Waals surface area contributed by atoms with E-state index in [2.05, 4.69) is 16.7 Å². The van der Waals surface area contributed by atoms with Crippen LogP contribution in [-0.2, 0) is 4.79 Å². The predicted molar refractivity (Wildman–Crippen MR) is 78.7 cm³/mol. The third-order valence-corrected chi connectivity index (χ3v) is 5.06. The van der Waals surface area contributed by atoms with Crippen molar-refractivity contribution in [3.8, 4) is 0 Å². The molecule has 3 nitrogen and oxygen atoms in total. The Bertz CT molecular complexity index is 488. The van der Waals surface area contributed by atoms with Gasteiger partial charge in [-0.1, -0.05) is 11.6 Å². The molecule has 1 unspecified atom stereocenters. The Balaban J connectivity index is 1.75. The maximum Gasteiger partial charge on any atom is 0.237 e. The molecule has 1 amide bonds. The highest BCUT2D eigenvalue weighted by molar-refractivity contribution is 7.99. The minimum Gasteiger partial charge on any atom is -0.348 e. The molecule has 2 N–H and O–H groups in total. The van der Waals surface area contributed by atoms with E-state index < -0.39 is 0 Å². The minimum atomic E-state index is -0.0165. The number of rotatable bonds is 2. The highest BCUT2D eigenvalue weighted by atomic mass is 35.5. The van der Waals surface area contributed by atoms with Crippen molar-refractivity contribution in [1.82, 2.24) is 10.6 Å². The number of amides is 1. The van der Waals surface area contributed by atoms with Gasteiger partial charge in [0.2, 0.25) is 5.91 Å². The van der Waals surface area contributed by atoms with Crippen LogP contribution in [0.4, 0.5) is 0 Å². The van der Waals surface area contributed by atoms with E-state index in [-0.39, 0.29) is 18.0 Å². The molecule has 0 spiro atoms. The van der Waals surface area contributed by atoms with Crippen molar-refractivity contribution in [2.75, 3.05) is 12.3 Å². The van der Waals surface area contributed by atoms with E-state index in [0.717, 1.165) is 42.1 Å². The Labute approximate surface area is 122 Å². The van der Waals surface area contributed by atoms with Crippen LogP contribution in [0.3, 0.4) is 0 Å². The molecule has 1 aromatic rings. The third kappa shape index (κ3) is 2.91. The molecular formula is C14H17ClN2OS. The van der Waals surface area contributed by atoms with Gasteiger partial charge in [0, 0.05) is 15.7 Å². The molecule has 1 fully saturated rings. The molecular weight excluding hydrogens is 280 g/mol. The van der Waals surface area contributed by atoms with E-state index in [1.165, 1.54) is 4.90 Å². The van der Waals surface area contributed by atoms with Gasteiger partial charge in [0.05, 0.1) is 12.1 Å². The fraction of sp³-hybridized carbons (Fsp3) is 0.500. The average molecular weight is 297 g/mol. The SMILES string of the molecule is O=C(NC1CCSc2ccc(Cl)cc21)[C@H]1CCCN1. The first kappa shape index (κ1) is 13.3. The first-order valence-electron chi connectivity index (χ1n) is 6.70. The molecule has 0 aliphatic carbocycles. The van der Waals surface area contributed by atoms with Gasteiger partial charge in [0.25, 0.3) is 0 Å². The fourth-order valence-corrected chi connectivity index (χ4v) is 3.98. The molecule has 1 aromatic carbocycles. The summed E-state index contributed by atoms with van der Waals surface area (Å²) in [6.07, 6.45) is 2.99. The Morgan fingerprint density at radius 3 is 3.11 bits per heavy atom. The second-order valence-electron chi connectivity index (χ2n) is 5.03. The van der Waals surface area contributed by atoms with Crippen molar-refractivity contribution in [1.29, 1.82) is 0 Å². The van der Waals surface area contributed by atoms with Crippen molar-refractivity contribution in [3.05, 3.63) is 28.8 Å². The lowest BCUT2D eigenvalue weighted by molar-refractivity contribution is -0.123. The van der Waals surface area contributed by atoms with Crippen LogP contribution in [0.2, 0.25) is 5.02 Å². The lowest BCUT2D eigenvalue weighted by Crippen LogP contribution is -2.42. The van der Waals surface area contributed by atoms with Crippen molar-refractivity contribution in [2.45, 2.75) is 36.2 Å². The van der Waals surface area contributed by atoms with Crippen LogP contribution < -0.4 is 10.6 Å². The van der Waals surface area contributed by atoms with E-state index in [9.17, 15) is 4.79 Å². The summed E-state index contributed by atoms with van der Waals surface area (Å²) in [6, 6.07) is 6.03. The lowest BCUT2D eigenvalue weighted by Gasteiger charge is -2.27. The van der Waals surface area contributed by atoms with Gasteiger partial charge in [0.1, 0.15) is 0 Å². The first-order valence-corrected chi connectivity index (χ1v) is 8.06. The molecule has 0 bridgehead atoms. The van der Waals surface area contributed by atoms with Crippen LogP contribution in [0.1, 0.15) is 30.9 Å². The van der Waals surface area contributed by atoms with Gasteiger partial charge in [-0.25, -0.2) is 0 Å². The molecule has 1 saturated heterocycles. The summed E-state index contributed by atoms with van der Waals surface area (Å²) in [4.78, 5) is 13.4. The Morgan fingerprint density at radius 1 is 1.42 bits per heavy atom. The molecule has 2 aliphatic heterocycles. The minimum absolute atomic E-state index is 0.0165. The zero-order chi connectivity index (χ0) is 13.2. The van der Waals surface area contributed by atoms with E-state index in [4.69, 9.17) is 11.6 Å². The monoisotopic (exact) mass is 296 g/mol. The third-order valence-electron chi connectivity index (χ3n) is 3.70.